The summed E-state index contributed by atoms with van der Waals surface area (Å²) in [7, 11) is 0. The Morgan fingerprint density at radius 2 is 1.83 bits per heavy atom. The number of nitro benzene ring substituents is 1. The number of aliphatic carboxylic acids is 1. The molecule has 0 aliphatic carbocycles. The minimum atomic E-state index is -4.65. The molecular formula is C17H13Cl2F3N2O6. The molecule has 0 saturated carbocycles. The molecule has 0 aliphatic heterocycles. The number of alkyl halides is 3. The Balaban J connectivity index is 2.22. The van der Waals surface area contributed by atoms with Crippen LogP contribution in [0.5, 0.6) is 11.5 Å². The molecular weight excluding hydrogens is 456 g/mol. The maximum atomic E-state index is 12.8. The van der Waals surface area contributed by atoms with Crippen molar-refractivity contribution < 1.29 is 37.5 Å². The Morgan fingerprint density at radius 1 is 1.20 bits per heavy atom. The van der Waals surface area contributed by atoms with E-state index in [0.717, 1.165) is 6.07 Å². The Kier molecular flexibility index (Phi) is 7.71. The lowest BCUT2D eigenvalue weighted by atomic mass is 10.2. The number of ether oxygens (including phenoxy) is 2. The van der Waals surface area contributed by atoms with Crippen molar-refractivity contribution in [2.75, 3.05) is 25.1 Å². The summed E-state index contributed by atoms with van der Waals surface area (Å²) in [5, 5.41) is 21.6. The summed E-state index contributed by atoms with van der Waals surface area (Å²) in [6.07, 6.45) is -4.65. The van der Waals surface area contributed by atoms with E-state index in [4.69, 9.17) is 37.8 Å². The summed E-state index contributed by atoms with van der Waals surface area (Å²) < 4.78 is 48.7. The monoisotopic (exact) mass is 468 g/mol. The van der Waals surface area contributed by atoms with Gasteiger partial charge in [0.1, 0.15) is 18.0 Å². The van der Waals surface area contributed by atoms with E-state index in [1.54, 1.807) is 0 Å². The van der Waals surface area contributed by atoms with Crippen molar-refractivity contribution in [3.05, 3.63) is 56.1 Å². The van der Waals surface area contributed by atoms with Crippen LogP contribution < -0.4 is 10.1 Å². The van der Waals surface area contributed by atoms with E-state index in [9.17, 15) is 28.1 Å². The van der Waals surface area contributed by atoms with Crippen molar-refractivity contribution in [1.82, 2.24) is 0 Å². The zero-order chi connectivity index (χ0) is 22.5. The van der Waals surface area contributed by atoms with Gasteiger partial charge >= 0.3 is 12.1 Å². The third-order valence-corrected chi connectivity index (χ3v) is 4.06. The van der Waals surface area contributed by atoms with Crippen LogP contribution in [0.1, 0.15) is 5.56 Å². The van der Waals surface area contributed by atoms with Gasteiger partial charge in [0.2, 0.25) is 0 Å². The van der Waals surface area contributed by atoms with Gasteiger partial charge in [0.05, 0.1) is 27.1 Å². The summed E-state index contributed by atoms with van der Waals surface area (Å²) in [4.78, 5) is 20.9. The average Bonchev–Trinajstić information content (AvgIpc) is 2.63. The number of benzene rings is 2. The summed E-state index contributed by atoms with van der Waals surface area (Å²) in [5.41, 5.74) is -1.36. The second-order valence-electron chi connectivity index (χ2n) is 5.68. The number of nitro groups is 1. The molecule has 0 radical (unpaired) electrons. The molecule has 162 valence electrons. The largest absolute Gasteiger partial charge is 0.480 e. The molecule has 0 atom stereocenters. The van der Waals surface area contributed by atoms with Crippen molar-refractivity contribution >= 4 is 40.5 Å². The van der Waals surface area contributed by atoms with Crippen molar-refractivity contribution in [2.45, 2.75) is 6.18 Å². The van der Waals surface area contributed by atoms with Gasteiger partial charge < -0.3 is 19.9 Å². The zero-order valence-electron chi connectivity index (χ0n) is 14.8. The molecule has 0 bridgehead atoms. The molecule has 8 nitrogen and oxygen atoms in total. The molecule has 30 heavy (non-hydrogen) atoms. The van der Waals surface area contributed by atoms with Crippen molar-refractivity contribution in [3.63, 3.8) is 0 Å². The van der Waals surface area contributed by atoms with Crippen molar-refractivity contribution in [2.24, 2.45) is 0 Å². The molecule has 2 aromatic rings. The number of nitrogens with one attached hydrogen (secondary N) is 1. The molecule has 0 aliphatic rings. The normalized spacial score (nSPS) is 11.2. The van der Waals surface area contributed by atoms with Crippen molar-refractivity contribution in [3.8, 4) is 11.5 Å². The summed E-state index contributed by atoms with van der Waals surface area (Å²) in [6.45, 7) is -0.539. The van der Waals surface area contributed by atoms with Gasteiger partial charge in [-0.25, -0.2) is 4.79 Å². The highest BCUT2D eigenvalue weighted by Gasteiger charge is 2.32. The third-order valence-electron chi connectivity index (χ3n) is 3.50. The molecule has 0 spiro atoms. The number of anilines is 1. The van der Waals surface area contributed by atoms with Gasteiger partial charge in [-0.1, -0.05) is 23.2 Å². The maximum absolute atomic E-state index is 12.8. The molecule has 2 N–H and O–H groups in total. The summed E-state index contributed by atoms with van der Waals surface area (Å²) in [5.74, 6) is -1.41. The van der Waals surface area contributed by atoms with Crippen molar-refractivity contribution in [1.29, 1.82) is 0 Å². The van der Waals surface area contributed by atoms with E-state index in [0.29, 0.717) is 12.1 Å². The Hall–Kier alpha value is -2.76. The van der Waals surface area contributed by atoms with E-state index in [1.165, 1.54) is 12.1 Å². The maximum Gasteiger partial charge on any atom is 0.416 e. The highest BCUT2D eigenvalue weighted by molar-refractivity contribution is 6.37. The minimum Gasteiger partial charge on any atom is -0.480 e. The lowest BCUT2D eigenvalue weighted by Crippen LogP contribution is -2.14. The zero-order valence-corrected chi connectivity index (χ0v) is 16.3. The first kappa shape index (κ1) is 23.5. The molecule has 0 fully saturated rings. The summed E-state index contributed by atoms with van der Waals surface area (Å²) >= 11 is 11.7. The number of halogens is 5. The SMILES string of the molecule is O=C(O)COCCNc1cc(Oc2c(Cl)cc(C(F)(F)F)cc2Cl)ccc1[N+](=O)[O-]. The highest BCUT2D eigenvalue weighted by atomic mass is 35.5. The Labute approximate surface area is 177 Å². The van der Waals surface area contributed by atoms with Crippen LogP contribution >= 0.6 is 23.2 Å². The number of nitrogens with zero attached hydrogens (tertiary/aromatic N) is 1. The van der Waals surface area contributed by atoms with E-state index in [1.807, 2.05) is 0 Å². The van der Waals surface area contributed by atoms with Crippen LogP contribution in [-0.2, 0) is 15.7 Å². The van der Waals surface area contributed by atoms with Crippen LogP contribution in [0.25, 0.3) is 0 Å². The molecule has 0 saturated heterocycles. The van der Waals surface area contributed by atoms with Crippen LogP contribution in [0.4, 0.5) is 24.5 Å². The van der Waals surface area contributed by atoms with Gasteiger partial charge in [-0.05, 0) is 18.2 Å². The number of rotatable bonds is 9. The second kappa shape index (κ2) is 9.83. The number of carboxylic acids is 1. The first-order chi connectivity index (χ1) is 14.0. The van der Waals surface area contributed by atoms with E-state index >= 15 is 0 Å². The van der Waals surface area contributed by atoms with Gasteiger partial charge in [-0.15, -0.1) is 0 Å². The molecule has 0 unspecified atom stereocenters. The van der Waals surface area contributed by atoms with Crippen LogP contribution in [0.15, 0.2) is 30.3 Å². The fraction of sp³-hybridized carbons (Fsp3) is 0.235. The quantitative estimate of drug-likeness (QED) is 0.294. The first-order valence-electron chi connectivity index (χ1n) is 8.05. The molecule has 2 aromatic carbocycles. The van der Waals surface area contributed by atoms with E-state index < -0.39 is 39.3 Å². The van der Waals surface area contributed by atoms with Crippen LogP contribution in [-0.4, -0.2) is 35.8 Å². The van der Waals surface area contributed by atoms with E-state index in [-0.39, 0.29) is 36.0 Å². The fourth-order valence-electron chi connectivity index (χ4n) is 2.24. The molecule has 0 aromatic heterocycles. The molecule has 13 heteroatoms. The third kappa shape index (κ3) is 6.37. The fourth-order valence-corrected chi connectivity index (χ4v) is 2.80. The van der Waals surface area contributed by atoms with Gasteiger partial charge in [0.15, 0.2) is 5.75 Å². The first-order valence-corrected chi connectivity index (χ1v) is 8.80. The van der Waals surface area contributed by atoms with Gasteiger partial charge in [-0.2, -0.15) is 13.2 Å². The Bertz CT molecular complexity index is 933. The average molecular weight is 469 g/mol. The van der Waals surface area contributed by atoms with Crippen LogP contribution in [0.3, 0.4) is 0 Å². The van der Waals surface area contributed by atoms with E-state index in [2.05, 4.69) is 5.32 Å². The standard InChI is InChI=1S/C17H13Cl2F3N2O6/c18-11-5-9(17(20,21)22)6-12(19)16(11)30-10-1-2-14(24(27)28)13(7-10)23-3-4-29-8-15(25)26/h1-2,5-7,23H,3-4,8H2,(H,25,26). The van der Waals surface area contributed by atoms with Crippen LogP contribution in [0, 0.1) is 10.1 Å². The smallest absolute Gasteiger partial charge is 0.416 e. The predicted molar refractivity (Wildman–Crippen MR) is 102 cm³/mol. The van der Waals surface area contributed by atoms with Gasteiger partial charge in [0.25, 0.3) is 5.69 Å². The minimum absolute atomic E-state index is 0.00980. The topological polar surface area (TPSA) is 111 Å². The molecule has 0 heterocycles. The van der Waals surface area contributed by atoms with Crippen LogP contribution in [0.2, 0.25) is 10.0 Å². The molecule has 2 rings (SSSR count). The second-order valence-corrected chi connectivity index (χ2v) is 6.49. The Morgan fingerprint density at radius 3 is 2.37 bits per heavy atom. The predicted octanol–water partition coefficient (Wildman–Crippen LogP) is 5.23. The number of hydrogen-bond donors (Lipinski definition) is 2. The lowest BCUT2D eigenvalue weighted by Gasteiger charge is -2.14. The van der Waals surface area contributed by atoms with Gasteiger partial charge in [-0.3, -0.25) is 10.1 Å². The molecule has 0 amide bonds. The lowest BCUT2D eigenvalue weighted by molar-refractivity contribution is -0.384. The number of carbonyl (C=O) groups is 1. The summed E-state index contributed by atoms with van der Waals surface area (Å²) in [6, 6.07) is 4.84. The number of carboxylic acid groups (broad SMARTS) is 1. The van der Waals surface area contributed by atoms with Gasteiger partial charge in [0, 0.05) is 18.7 Å². The number of hydrogen-bond acceptors (Lipinski definition) is 6. The highest BCUT2D eigenvalue weighted by Crippen LogP contribution is 2.42.